The van der Waals surface area contributed by atoms with Gasteiger partial charge in [-0.2, -0.15) is 0 Å². The topological polar surface area (TPSA) is 378 Å². The van der Waals surface area contributed by atoms with Crippen molar-refractivity contribution in [2.24, 2.45) is 0 Å². The molecule has 5 N–H and O–H groups in total. The number of carbonyl (C=O) groups excluding carboxylic acids is 9. The highest BCUT2D eigenvalue weighted by Crippen LogP contribution is 2.46. The van der Waals surface area contributed by atoms with E-state index in [0.29, 0.717) is 16.7 Å². The molecule has 3 aliphatic heterocycles. The predicted octanol–water partition coefficient (Wildman–Crippen LogP) is 7.20. The second-order valence-electron chi connectivity index (χ2n) is 29.1. The van der Waals surface area contributed by atoms with Gasteiger partial charge in [-0.3, -0.25) is 28.8 Å². The molecule has 6 aromatic rings. The van der Waals surface area contributed by atoms with Crippen LogP contribution in [0.3, 0.4) is 0 Å². The molecule has 4 aliphatic rings. The minimum absolute atomic E-state index is 0.00599. The molecule has 114 heavy (non-hydrogen) atoms. The van der Waals surface area contributed by atoms with Crippen molar-refractivity contribution in [2.45, 2.75) is 223 Å². The third-order valence-corrected chi connectivity index (χ3v) is 19.0. The summed E-state index contributed by atoms with van der Waals surface area (Å²) >= 11 is 0. The van der Waals surface area contributed by atoms with Gasteiger partial charge in [-0.25, -0.2) is 14.4 Å². The van der Waals surface area contributed by atoms with Crippen LogP contribution in [0.2, 0.25) is 0 Å². The number of hydrogen-bond donors (Lipinski definition) is 5. The number of rotatable bonds is 34. The summed E-state index contributed by atoms with van der Waals surface area (Å²) in [7, 11) is 0. The Morgan fingerprint density at radius 1 is 0.535 bits per heavy atom. The first-order chi connectivity index (χ1) is 54.5. The zero-order chi connectivity index (χ0) is 81.8. The number of esters is 6. The van der Waals surface area contributed by atoms with E-state index in [0.717, 1.165) is 62.4 Å². The molecule has 3 amide bonds. The maximum Gasteiger partial charge on any atom is 0.407 e. The maximum absolute atomic E-state index is 15.8. The molecule has 3 saturated heterocycles. The second-order valence-corrected chi connectivity index (χ2v) is 29.1. The Bertz CT molecular complexity index is 4170. The van der Waals surface area contributed by atoms with Crippen molar-refractivity contribution in [2.75, 3.05) is 26.4 Å². The molecule has 30 nitrogen and oxygen atoms in total. The van der Waals surface area contributed by atoms with Crippen LogP contribution >= 0.6 is 0 Å². The molecule has 0 spiro atoms. The number of fused-ring (bicyclic) bond motifs is 3. The zero-order valence-corrected chi connectivity index (χ0v) is 65.0. The third kappa shape index (κ3) is 23.6. The van der Waals surface area contributed by atoms with Gasteiger partial charge in [-0.15, -0.1) is 0 Å². The SMILES string of the molecule is CC(=O)N[C@H]1[C@@H](O[C@H](C)[C@H](NC(=O)OCC2c3ccccc3-c3ccccc32)C(=O)OC(C)(C)C)O[C@H](COCc2ccccc2)[C@H](OCc2ccccc2)[C@@H]1O[C@@H]1O[C@H](COCc2ccccc2)[C@H](O)[C@H](O[C@]2(C(=O)OCc3ccccc3)C[C@H](OC(C)=O)[C@@H](NC(C)=O)[C@H]([C@H](OC(C)=O)[C@@H](COC(C)=O)OC(C)=O)O2)[C@H]1O. The number of amides is 3. The fourth-order valence-corrected chi connectivity index (χ4v) is 14.1. The van der Waals surface area contributed by atoms with Crippen LogP contribution in [0.15, 0.2) is 170 Å². The lowest BCUT2D eigenvalue weighted by Crippen LogP contribution is -2.72. The van der Waals surface area contributed by atoms with E-state index in [2.05, 4.69) is 16.0 Å². The summed E-state index contributed by atoms with van der Waals surface area (Å²) in [5, 5.41) is 34.7. The van der Waals surface area contributed by atoms with Gasteiger partial charge in [0.1, 0.15) is 86.4 Å². The molecular weight excluding hydrogens is 1480 g/mol. The first-order valence-corrected chi connectivity index (χ1v) is 37.5. The fourth-order valence-electron chi connectivity index (χ4n) is 14.1. The van der Waals surface area contributed by atoms with Crippen LogP contribution in [0.25, 0.3) is 11.1 Å². The number of carbonyl (C=O) groups is 9. The summed E-state index contributed by atoms with van der Waals surface area (Å²) in [5.41, 5.74) is 5.11. The van der Waals surface area contributed by atoms with Gasteiger partial charge in [-0.1, -0.05) is 170 Å². The fraction of sp³-hybridized carbons (Fsp3) is 0.464. The largest absolute Gasteiger partial charge is 0.462 e. The lowest BCUT2D eigenvalue weighted by Gasteiger charge is -2.52. The summed E-state index contributed by atoms with van der Waals surface area (Å²) in [5.74, 6) is -11.5. The Hall–Kier alpha value is -10.1. The van der Waals surface area contributed by atoms with E-state index in [9.17, 15) is 48.6 Å². The van der Waals surface area contributed by atoms with Gasteiger partial charge in [0, 0.05) is 47.5 Å². The molecule has 3 fully saturated rings. The normalized spacial score (nSPS) is 24.9. The molecule has 18 atom stereocenters. The van der Waals surface area contributed by atoms with Crippen LogP contribution in [-0.2, 0) is 141 Å². The summed E-state index contributed by atoms with van der Waals surface area (Å²) in [6.45, 7) is 9.93. The average molecular weight is 1580 g/mol. The molecule has 6 aromatic carbocycles. The van der Waals surface area contributed by atoms with E-state index in [-0.39, 0.29) is 39.0 Å². The zero-order valence-electron chi connectivity index (χ0n) is 65.0. The molecule has 0 radical (unpaired) electrons. The number of aliphatic hydroxyl groups is 2. The lowest BCUT2D eigenvalue weighted by molar-refractivity contribution is -0.384. The molecular formula is C84H99N3O27. The first kappa shape index (κ1) is 86.3. The van der Waals surface area contributed by atoms with Gasteiger partial charge >= 0.3 is 41.9 Å². The van der Waals surface area contributed by atoms with Crippen molar-refractivity contribution in [1.82, 2.24) is 16.0 Å². The lowest BCUT2D eigenvalue weighted by atomic mass is 9.87. The molecule has 10 rings (SSSR count). The first-order valence-electron chi connectivity index (χ1n) is 37.5. The van der Waals surface area contributed by atoms with Crippen molar-refractivity contribution in [3.8, 4) is 11.1 Å². The van der Waals surface area contributed by atoms with Crippen LogP contribution in [0.1, 0.15) is 115 Å². The molecule has 3 heterocycles. The van der Waals surface area contributed by atoms with Crippen LogP contribution in [-0.4, -0.2) is 206 Å². The quantitative estimate of drug-likeness (QED) is 0.0197. The van der Waals surface area contributed by atoms with Gasteiger partial charge in [0.2, 0.25) is 11.8 Å². The third-order valence-electron chi connectivity index (χ3n) is 19.0. The molecule has 30 heteroatoms. The number of alkyl carbamates (subject to hydrolysis) is 1. The van der Waals surface area contributed by atoms with E-state index in [1.54, 1.807) is 112 Å². The van der Waals surface area contributed by atoms with Crippen LogP contribution < -0.4 is 16.0 Å². The van der Waals surface area contributed by atoms with Gasteiger partial charge in [0.25, 0.3) is 5.79 Å². The van der Waals surface area contributed by atoms with Crippen molar-refractivity contribution >= 4 is 53.7 Å². The van der Waals surface area contributed by atoms with Gasteiger partial charge in [-0.05, 0) is 72.2 Å². The number of benzene rings is 6. The Balaban J connectivity index is 1.09. The highest BCUT2D eigenvalue weighted by atomic mass is 16.8. The highest BCUT2D eigenvalue weighted by molar-refractivity contribution is 5.83. The van der Waals surface area contributed by atoms with E-state index < -0.39 is 195 Å². The molecule has 0 saturated carbocycles. The van der Waals surface area contributed by atoms with Crippen LogP contribution in [0.4, 0.5) is 4.79 Å². The monoisotopic (exact) mass is 1580 g/mol. The number of aliphatic hydroxyl groups excluding tert-OH is 2. The summed E-state index contributed by atoms with van der Waals surface area (Å²) in [4.78, 5) is 125. The minimum Gasteiger partial charge on any atom is -0.462 e. The van der Waals surface area contributed by atoms with E-state index in [1.807, 2.05) is 78.9 Å². The van der Waals surface area contributed by atoms with Crippen LogP contribution in [0.5, 0.6) is 0 Å². The predicted molar refractivity (Wildman–Crippen MR) is 402 cm³/mol. The second kappa shape index (κ2) is 40.3. The molecule has 0 bridgehead atoms. The summed E-state index contributed by atoms with van der Waals surface area (Å²) < 4.78 is 102. The van der Waals surface area contributed by atoms with Gasteiger partial charge in [0.05, 0.1) is 51.6 Å². The number of nitrogens with one attached hydrogen (secondary N) is 3. The minimum atomic E-state index is -3.13. The summed E-state index contributed by atoms with van der Waals surface area (Å²) in [6.07, 6.45) is -28.0. The number of hydrogen-bond acceptors (Lipinski definition) is 27. The smallest absolute Gasteiger partial charge is 0.407 e. The highest BCUT2D eigenvalue weighted by Gasteiger charge is 2.63. The molecule has 0 aromatic heterocycles. The van der Waals surface area contributed by atoms with Crippen molar-refractivity contribution in [3.63, 3.8) is 0 Å². The molecule has 612 valence electrons. The standard InChI is InChI=1S/C84H99N3O27/c1-48(68(78(96)114-83(8,9)10)87-82(98)104-44-63-61-37-25-23-35-59(61)60-36-24-26-38-62(60)63)105-79-70(86-50(3)89)75(73(102-42-57-31-19-13-20-32-57)66(110-79)46-100-41-56-29-17-12-18-30-56)111-80-72(95)77(71(94)65(109-80)45-99-40-55-27-15-11-16-28-55)113-84(81(97)103-43-58-33-21-14-22-34-58)39-64(106-52(5)91)69(85-49(2)88)76(112-84)74(108-54(7)93)67(107-53(6)92)47-101-51(4)90/h11-38,48,63-77,79-80,94-95H,39-47H2,1-10H3,(H,85,88)(H,86,89)(H,87,98)/t48-,64+,65-,66-,67-,68+,69-,70-,71+,72-,73+,74-,75-,76-,77+,79+,80+,84+/m1/s1. The van der Waals surface area contributed by atoms with E-state index in [4.69, 9.17) is 75.8 Å². The molecule has 1 aliphatic carbocycles. The van der Waals surface area contributed by atoms with E-state index >= 15 is 4.79 Å². The Labute approximate surface area is 660 Å². The average Bonchev–Trinajstić information content (AvgIpc) is 0.849. The van der Waals surface area contributed by atoms with Crippen molar-refractivity contribution in [3.05, 3.63) is 203 Å². The Kier molecular flexibility index (Phi) is 30.5. The summed E-state index contributed by atoms with van der Waals surface area (Å²) in [6, 6.07) is 45.7. The Morgan fingerprint density at radius 2 is 1.04 bits per heavy atom. The van der Waals surface area contributed by atoms with Gasteiger partial charge < -0.3 is 102 Å². The molecule has 0 unspecified atom stereocenters. The Morgan fingerprint density at radius 3 is 1.57 bits per heavy atom. The number of ether oxygens (including phenoxy) is 16. The van der Waals surface area contributed by atoms with Gasteiger partial charge in [0.15, 0.2) is 30.8 Å². The maximum atomic E-state index is 15.8. The van der Waals surface area contributed by atoms with E-state index in [1.165, 1.54) is 13.8 Å². The van der Waals surface area contributed by atoms with Crippen LogP contribution in [0, 0.1) is 0 Å². The van der Waals surface area contributed by atoms with Crippen molar-refractivity contribution in [1.29, 1.82) is 0 Å². The van der Waals surface area contributed by atoms with Crippen molar-refractivity contribution < 1.29 is 129 Å².